The van der Waals surface area contributed by atoms with E-state index in [0.717, 1.165) is 29.3 Å². The van der Waals surface area contributed by atoms with Crippen LogP contribution in [0.1, 0.15) is 16.7 Å². The SMILES string of the molecule is Cc1ccc(C)c(OCC(=O)NN=Cc2cccc(Oc3ccc([N+](=O)[O-])cc3[N+](=O)[O-])c2)c1. The molecule has 0 saturated heterocycles. The van der Waals surface area contributed by atoms with Gasteiger partial charge in [0.15, 0.2) is 6.61 Å². The van der Waals surface area contributed by atoms with Crippen molar-refractivity contribution in [3.05, 3.63) is 97.6 Å². The van der Waals surface area contributed by atoms with Crippen LogP contribution in [0.5, 0.6) is 17.2 Å². The maximum atomic E-state index is 12.0. The molecule has 0 aliphatic heterocycles. The third-order valence-electron chi connectivity index (χ3n) is 4.54. The van der Waals surface area contributed by atoms with Gasteiger partial charge in [-0.1, -0.05) is 24.3 Å². The maximum Gasteiger partial charge on any atom is 0.318 e. The molecule has 3 aromatic rings. The first-order chi connectivity index (χ1) is 16.2. The van der Waals surface area contributed by atoms with Gasteiger partial charge >= 0.3 is 5.69 Å². The molecule has 0 unspecified atom stereocenters. The number of nitro benzene ring substituents is 2. The van der Waals surface area contributed by atoms with E-state index >= 15 is 0 Å². The highest BCUT2D eigenvalue weighted by Gasteiger charge is 2.21. The van der Waals surface area contributed by atoms with Gasteiger partial charge < -0.3 is 9.47 Å². The summed E-state index contributed by atoms with van der Waals surface area (Å²) in [4.78, 5) is 32.7. The molecule has 0 aliphatic carbocycles. The van der Waals surface area contributed by atoms with E-state index in [9.17, 15) is 25.0 Å². The number of carbonyl (C=O) groups is 1. The van der Waals surface area contributed by atoms with Crippen molar-refractivity contribution in [1.29, 1.82) is 0 Å². The van der Waals surface area contributed by atoms with Crippen molar-refractivity contribution in [3.63, 3.8) is 0 Å². The predicted molar refractivity (Wildman–Crippen MR) is 123 cm³/mol. The van der Waals surface area contributed by atoms with Crippen LogP contribution in [0.3, 0.4) is 0 Å². The molecular formula is C23H20N4O7. The fraction of sp³-hybridized carbons (Fsp3) is 0.130. The minimum atomic E-state index is -0.760. The molecule has 0 bridgehead atoms. The van der Waals surface area contributed by atoms with Crippen LogP contribution in [0.4, 0.5) is 11.4 Å². The van der Waals surface area contributed by atoms with Crippen molar-refractivity contribution >= 4 is 23.5 Å². The summed E-state index contributed by atoms with van der Waals surface area (Å²) in [6.07, 6.45) is 1.37. The summed E-state index contributed by atoms with van der Waals surface area (Å²) in [5.74, 6) is 0.252. The molecule has 3 rings (SSSR count). The van der Waals surface area contributed by atoms with Gasteiger partial charge in [0, 0.05) is 6.07 Å². The zero-order valence-corrected chi connectivity index (χ0v) is 18.3. The van der Waals surface area contributed by atoms with Crippen LogP contribution in [-0.2, 0) is 4.79 Å². The van der Waals surface area contributed by atoms with E-state index in [1.165, 1.54) is 12.3 Å². The molecule has 0 heterocycles. The van der Waals surface area contributed by atoms with Crippen molar-refractivity contribution in [3.8, 4) is 17.2 Å². The zero-order chi connectivity index (χ0) is 24.7. The summed E-state index contributed by atoms with van der Waals surface area (Å²) in [5.41, 5.74) is 3.86. The Morgan fingerprint density at radius 3 is 2.53 bits per heavy atom. The quantitative estimate of drug-likeness (QED) is 0.280. The molecule has 0 aromatic heterocycles. The van der Waals surface area contributed by atoms with Gasteiger partial charge in [-0.15, -0.1) is 0 Å². The molecule has 174 valence electrons. The first kappa shape index (κ1) is 23.9. The van der Waals surface area contributed by atoms with E-state index in [2.05, 4.69) is 10.5 Å². The van der Waals surface area contributed by atoms with Gasteiger partial charge in [-0.05, 0) is 54.8 Å². The molecule has 3 aromatic carbocycles. The van der Waals surface area contributed by atoms with Crippen molar-refractivity contribution < 1.29 is 24.1 Å². The number of hydrogen-bond acceptors (Lipinski definition) is 8. The first-order valence-corrected chi connectivity index (χ1v) is 9.95. The normalized spacial score (nSPS) is 10.6. The number of aryl methyl sites for hydroxylation is 2. The van der Waals surface area contributed by atoms with Crippen molar-refractivity contribution in [2.24, 2.45) is 5.10 Å². The highest BCUT2D eigenvalue weighted by Crippen LogP contribution is 2.34. The number of amides is 1. The Morgan fingerprint density at radius 1 is 1.00 bits per heavy atom. The summed E-state index contributed by atoms with van der Waals surface area (Å²) < 4.78 is 11.1. The monoisotopic (exact) mass is 464 g/mol. The maximum absolute atomic E-state index is 12.0. The Balaban J connectivity index is 1.62. The number of non-ortho nitro benzene ring substituents is 1. The second-order valence-electron chi connectivity index (χ2n) is 7.19. The fourth-order valence-electron chi connectivity index (χ4n) is 2.85. The number of nitrogens with zero attached hydrogens (tertiary/aromatic N) is 3. The second kappa shape index (κ2) is 10.7. The molecule has 1 amide bonds. The topological polar surface area (TPSA) is 146 Å². The summed E-state index contributed by atoms with van der Waals surface area (Å²) in [7, 11) is 0. The number of nitrogens with one attached hydrogen (secondary N) is 1. The lowest BCUT2D eigenvalue weighted by molar-refractivity contribution is -0.394. The van der Waals surface area contributed by atoms with Gasteiger partial charge in [-0.25, -0.2) is 5.43 Å². The second-order valence-corrected chi connectivity index (χ2v) is 7.19. The number of hydrogen-bond donors (Lipinski definition) is 1. The Hall–Kier alpha value is -4.80. The first-order valence-electron chi connectivity index (χ1n) is 9.95. The van der Waals surface area contributed by atoms with Gasteiger partial charge in [0.1, 0.15) is 11.5 Å². The van der Waals surface area contributed by atoms with Gasteiger partial charge in [0.25, 0.3) is 11.6 Å². The Morgan fingerprint density at radius 2 is 1.79 bits per heavy atom. The molecule has 0 radical (unpaired) electrons. The van der Waals surface area contributed by atoms with Gasteiger partial charge in [-0.3, -0.25) is 25.0 Å². The lowest BCUT2D eigenvalue weighted by Crippen LogP contribution is -2.24. The Kier molecular flexibility index (Phi) is 7.49. The van der Waals surface area contributed by atoms with Crippen LogP contribution >= 0.6 is 0 Å². The summed E-state index contributed by atoms with van der Waals surface area (Å²) in [6, 6.07) is 15.2. The smallest absolute Gasteiger partial charge is 0.318 e. The standard InChI is InChI=1S/C23H20N4O7/c1-15-6-7-16(2)22(10-15)33-14-23(28)25-24-13-17-4-3-5-19(11-17)34-21-9-8-18(26(29)30)12-20(21)27(31)32/h3-13H,14H2,1-2H3,(H,25,28). The molecule has 1 N–H and O–H groups in total. The highest BCUT2D eigenvalue weighted by atomic mass is 16.6. The van der Waals surface area contributed by atoms with Crippen LogP contribution in [0, 0.1) is 34.1 Å². The molecule has 0 saturated carbocycles. The number of nitro groups is 2. The van der Waals surface area contributed by atoms with Crippen LogP contribution in [0.15, 0.2) is 65.8 Å². The number of hydrazone groups is 1. The average Bonchev–Trinajstić information content (AvgIpc) is 2.80. The summed E-state index contributed by atoms with van der Waals surface area (Å²) >= 11 is 0. The van der Waals surface area contributed by atoms with E-state index in [0.29, 0.717) is 11.3 Å². The average molecular weight is 464 g/mol. The lowest BCUT2D eigenvalue weighted by Gasteiger charge is -2.09. The van der Waals surface area contributed by atoms with Crippen LogP contribution in [0.2, 0.25) is 0 Å². The van der Waals surface area contributed by atoms with Crippen LogP contribution in [0.25, 0.3) is 0 Å². The highest BCUT2D eigenvalue weighted by molar-refractivity contribution is 5.83. The van der Waals surface area contributed by atoms with E-state index in [1.807, 2.05) is 32.0 Å². The third kappa shape index (κ3) is 6.36. The van der Waals surface area contributed by atoms with Gasteiger partial charge in [0.2, 0.25) is 5.75 Å². The number of ether oxygens (including phenoxy) is 2. The predicted octanol–water partition coefficient (Wildman–Crippen LogP) is 4.44. The number of benzene rings is 3. The molecule has 34 heavy (non-hydrogen) atoms. The largest absolute Gasteiger partial charge is 0.483 e. The van der Waals surface area contributed by atoms with Gasteiger partial charge in [-0.2, -0.15) is 5.10 Å². The van der Waals surface area contributed by atoms with Crippen LogP contribution in [-0.4, -0.2) is 28.6 Å². The molecular weight excluding hydrogens is 444 g/mol. The van der Waals surface area contributed by atoms with E-state index < -0.39 is 27.1 Å². The van der Waals surface area contributed by atoms with Crippen LogP contribution < -0.4 is 14.9 Å². The molecule has 0 atom stereocenters. The van der Waals surface area contributed by atoms with Crippen molar-refractivity contribution in [2.75, 3.05) is 6.61 Å². The molecule has 0 aliphatic rings. The van der Waals surface area contributed by atoms with E-state index in [1.54, 1.807) is 18.2 Å². The summed E-state index contributed by atoms with van der Waals surface area (Å²) in [6.45, 7) is 3.59. The third-order valence-corrected chi connectivity index (χ3v) is 4.54. The number of carbonyl (C=O) groups excluding carboxylic acids is 1. The van der Waals surface area contributed by atoms with E-state index in [-0.39, 0.29) is 18.1 Å². The minimum absolute atomic E-state index is 0.151. The number of rotatable bonds is 9. The van der Waals surface area contributed by atoms with E-state index in [4.69, 9.17) is 9.47 Å². The molecule has 11 heteroatoms. The zero-order valence-electron chi connectivity index (χ0n) is 18.3. The Labute approximate surface area is 193 Å². The fourth-order valence-corrected chi connectivity index (χ4v) is 2.85. The minimum Gasteiger partial charge on any atom is -0.483 e. The Bertz CT molecular complexity index is 1270. The van der Waals surface area contributed by atoms with Gasteiger partial charge in [0.05, 0.1) is 22.1 Å². The molecule has 11 nitrogen and oxygen atoms in total. The van der Waals surface area contributed by atoms with Crippen molar-refractivity contribution in [2.45, 2.75) is 13.8 Å². The molecule has 0 spiro atoms. The molecule has 0 fully saturated rings. The van der Waals surface area contributed by atoms with Crippen molar-refractivity contribution in [1.82, 2.24) is 5.43 Å². The lowest BCUT2D eigenvalue weighted by atomic mass is 10.1. The summed E-state index contributed by atoms with van der Waals surface area (Å²) in [5, 5.41) is 26.0.